The number of alkyl halides is 3. The number of methoxy groups -OCH3 is 2. The highest BCUT2D eigenvalue weighted by molar-refractivity contribution is 6.31. The second-order valence-corrected chi connectivity index (χ2v) is 8.85. The number of pyridine rings is 1. The number of carbonyl (C=O) groups excluding carboxylic acids is 2. The van der Waals surface area contributed by atoms with Crippen molar-refractivity contribution in [3.63, 3.8) is 0 Å². The van der Waals surface area contributed by atoms with E-state index in [4.69, 9.17) is 31.5 Å². The summed E-state index contributed by atoms with van der Waals surface area (Å²) in [6.07, 6.45) is -4.09. The van der Waals surface area contributed by atoms with Crippen molar-refractivity contribution in [1.82, 2.24) is 4.98 Å². The molecule has 1 aliphatic heterocycles. The van der Waals surface area contributed by atoms with Crippen molar-refractivity contribution in [3.8, 4) is 17.7 Å². The predicted molar refractivity (Wildman–Crippen MR) is 140 cm³/mol. The lowest BCUT2D eigenvalue weighted by Crippen LogP contribution is -2.40. The Labute approximate surface area is 236 Å². The molecule has 2 heterocycles. The molecule has 2 aromatic carbocycles. The lowest BCUT2D eigenvalue weighted by Gasteiger charge is -2.36. The number of allylic oxidation sites excluding steroid dienone is 1. The van der Waals surface area contributed by atoms with Crippen molar-refractivity contribution in [2.45, 2.75) is 12.1 Å². The van der Waals surface area contributed by atoms with Crippen LogP contribution in [0.25, 0.3) is 0 Å². The van der Waals surface area contributed by atoms with Gasteiger partial charge in [0.15, 0.2) is 0 Å². The molecule has 1 atom stereocenters. The molecule has 1 unspecified atom stereocenters. The van der Waals surface area contributed by atoms with Crippen molar-refractivity contribution < 1.29 is 37.0 Å². The largest absolute Gasteiger partial charge is 0.466 e. The van der Waals surface area contributed by atoms with E-state index in [1.165, 1.54) is 24.3 Å². The van der Waals surface area contributed by atoms with E-state index in [2.05, 4.69) is 4.98 Å². The van der Waals surface area contributed by atoms with Gasteiger partial charge in [0.1, 0.15) is 22.3 Å². The van der Waals surface area contributed by atoms with E-state index in [-0.39, 0.29) is 40.0 Å². The maximum Gasteiger partial charge on any atom is 0.417 e. The van der Waals surface area contributed by atoms with Gasteiger partial charge in [0.25, 0.3) is 0 Å². The lowest BCUT2D eigenvalue weighted by molar-refractivity contribution is -0.139. The van der Waals surface area contributed by atoms with Gasteiger partial charge in [-0.05, 0) is 23.8 Å². The van der Waals surface area contributed by atoms with Crippen molar-refractivity contribution in [1.29, 1.82) is 5.26 Å². The quantitative estimate of drug-likeness (QED) is 0.376. The predicted octanol–water partition coefficient (Wildman–Crippen LogP) is 5.44. The monoisotopic (exact) mass is 584 g/mol. The maximum absolute atomic E-state index is 13.2. The minimum atomic E-state index is -4.66. The highest BCUT2D eigenvalue weighted by Gasteiger charge is 2.43. The molecule has 1 aliphatic rings. The summed E-state index contributed by atoms with van der Waals surface area (Å²) in [5.74, 6) is -3.38. The number of anilines is 1. The van der Waals surface area contributed by atoms with Crippen molar-refractivity contribution in [2.75, 3.05) is 19.1 Å². The Balaban J connectivity index is 1.88. The van der Waals surface area contributed by atoms with Crippen LogP contribution in [0.1, 0.15) is 17.0 Å². The number of hydrogen-bond donors (Lipinski definition) is 1. The summed E-state index contributed by atoms with van der Waals surface area (Å²) >= 11 is 5.98. The maximum atomic E-state index is 13.2. The van der Waals surface area contributed by atoms with Crippen LogP contribution in [0.4, 0.5) is 18.9 Å². The molecular weight excluding hydrogens is 565 g/mol. The number of carbonyl (C=O) groups is 2. The van der Waals surface area contributed by atoms with E-state index in [1.54, 1.807) is 30.3 Å². The summed E-state index contributed by atoms with van der Waals surface area (Å²) in [6, 6.07) is 17.0. The SMILES string of the molecule is COC(=O)C1=C(C(=O)OC)N(c2cccc(Oc3ncc(C(F)(F)F)cc3Cl)c2)C(N)=C(C#N)C1c1ccccc1. The number of ether oxygens (including phenoxy) is 3. The summed E-state index contributed by atoms with van der Waals surface area (Å²) in [4.78, 5) is 31.1. The summed E-state index contributed by atoms with van der Waals surface area (Å²) in [5.41, 5.74) is 5.48. The summed E-state index contributed by atoms with van der Waals surface area (Å²) in [5, 5.41) is 9.74. The molecule has 3 aromatic rings. The number of nitrogens with zero attached hydrogens (tertiary/aromatic N) is 3. The van der Waals surface area contributed by atoms with Gasteiger partial charge in [-0.2, -0.15) is 18.4 Å². The minimum absolute atomic E-state index is 0.0389. The number of aromatic nitrogens is 1. The van der Waals surface area contributed by atoms with E-state index < -0.39 is 34.6 Å². The van der Waals surface area contributed by atoms with Gasteiger partial charge in [-0.1, -0.05) is 48.0 Å². The van der Waals surface area contributed by atoms with Crippen LogP contribution in [0, 0.1) is 11.3 Å². The van der Waals surface area contributed by atoms with Crippen LogP contribution in [0.2, 0.25) is 5.02 Å². The number of rotatable bonds is 6. The standard InChI is InChI=1S/C28H20ClF3N4O5/c1-39-26(37)22-21(15-7-4-3-5-8-15)19(13-33)24(34)36(23(22)27(38)40-2)17-9-6-10-18(12-17)41-25-20(29)11-16(14-35-25)28(30,31)32/h3-12,14,21H,34H2,1-2H3. The number of halogens is 4. The van der Waals surface area contributed by atoms with E-state index >= 15 is 0 Å². The van der Waals surface area contributed by atoms with E-state index in [0.29, 0.717) is 17.8 Å². The number of hydrogen-bond acceptors (Lipinski definition) is 9. The van der Waals surface area contributed by atoms with E-state index in [0.717, 1.165) is 19.1 Å². The molecule has 13 heteroatoms. The molecule has 0 saturated heterocycles. The summed E-state index contributed by atoms with van der Waals surface area (Å²) in [7, 11) is 2.23. The second-order valence-electron chi connectivity index (χ2n) is 8.44. The molecule has 0 aliphatic carbocycles. The zero-order valence-corrected chi connectivity index (χ0v) is 22.2. The van der Waals surface area contributed by atoms with Gasteiger partial charge in [0.05, 0.1) is 48.6 Å². The number of benzene rings is 2. The fraction of sp³-hybridized carbons (Fsp3) is 0.143. The van der Waals surface area contributed by atoms with Crippen molar-refractivity contribution >= 4 is 29.2 Å². The summed E-state index contributed by atoms with van der Waals surface area (Å²) in [6.45, 7) is 0. The Bertz CT molecular complexity index is 1620. The molecule has 41 heavy (non-hydrogen) atoms. The first kappa shape index (κ1) is 29.0. The van der Waals surface area contributed by atoms with Gasteiger partial charge in [-0.15, -0.1) is 0 Å². The molecule has 0 radical (unpaired) electrons. The average Bonchev–Trinajstić information content (AvgIpc) is 2.96. The lowest BCUT2D eigenvalue weighted by atomic mass is 9.81. The van der Waals surface area contributed by atoms with Crippen LogP contribution in [0.3, 0.4) is 0 Å². The highest BCUT2D eigenvalue weighted by atomic mass is 35.5. The van der Waals surface area contributed by atoms with Gasteiger partial charge in [-0.3, -0.25) is 4.90 Å². The Morgan fingerprint density at radius 2 is 1.73 bits per heavy atom. The van der Waals surface area contributed by atoms with Crippen LogP contribution in [-0.4, -0.2) is 31.1 Å². The van der Waals surface area contributed by atoms with Crippen molar-refractivity contribution in [2.24, 2.45) is 5.73 Å². The van der Waals surface area contributed by atoms with E-state index in [1.807, 2.05) is 6.07 Å². The zero-order valence-electron chi connectivity index (χ0n) is 21.4. The fourth-order valence-corrected chi connectivity index (χ4v) is 4.44. The Morgan fingerprint density at radius 1 is 1.05 bits per heavy atom. The third-order valence-corrected chi connectivity index (χ3v) is 6.31. The molecule has 2 N–H and O–H groups in total. The highest BCUT2D eigenvalue weighted by Crippen LogP contribution is 2.44. The second kappa shape index (κ2) is 11.6. The first-order valence-corrected chi connectivity index (χ1v) is 12.1. The minimum Gasteiger partial charge on any atom is -0.466 e. The average molecular weight is 585 g/mol. The first-order chi connectivity index (χ1) is 19.5. The number of nitriles is 1. The molecule has 9 nitrogen and oxygen atoms in total. The van der Waals surface area contributed by atoms with Crippen LogP contribution in [0.5, 0.6) is 11.6 Å². The molecule has 210 valence electrons. The smallest absolute Gasteiger partial charge is 0.417 e. The van der Waals surface area contributed by atoms with Crippen LogP contribution in [-0.2, 0) is 25.2 Å². The van der Waals surface area contributed by atoms with Crippen LogP contribution in [0.15, 0.2) is 89.5 Å². The molecule has 0 fully saturated rings. The normalized spacial score (nSPS) is 15.3. The number of nitrogens with two attached hydrogens (primary N) is 1. The van der Waals surface area contributed by atoms with Crippen LogP contribution < -0.4 is 15.4 Å². The van der Waals surface area contributed by atoms with Gasteiger partial charge < -0.3 is 19.9 Å². The third-order valence-electron chi connectivity index (χ3n) is 6.04. The van der Waals surface area contributed by atoms with Crippen LogP contribution >= 0.6 is 11.6 Å². The molecule has 0 bridgehead atoms. The molecule has 4 rings (SSSR count). The molecule has 0 amide bonds. The first-order valence-electron chi connectivity index (χ1n) is 11.7. The van der Waals surface area contributed by atoms with Gasteiger partial charge in [0.2, 0.25) is 5.88 Å². The van der Waals surface area contributed by atoms with Gasteiger partial charge >= 0.3 is 18.1 Å². The van der Waals surface area contributed by atoms with E-state index in [9.17, 15) is 28.0 Å². The molecular formula is C28H20ClF3N4O5. The topological polar surface area (TPSA) is 128 Å². The van der Waals surface area contributed by atoms with Crippen molar-refractivity contribution in [3.05, 3.63) is 106 Å². The Hall–Kier alpha value is -5.02. The third kappa shape index (κ3) is 5.66. The Kier molecular flexibility index (Phi) is 8.21. The summed E-state index contributed by atoms with van der Waals surface area (Å²) < 4.78 is 54.6. The number of esters is 2. The Morgan fingerprint density at radius 3 is 2.32 bits per heavy atom. The van der Waals surface area contributed by atoms with Gasteiger partial charge in [0, 0.05) is 12.3 Å². The zero-order chi connectivity index (χ0) is 29.9. The fourth-order valence-electron chi connectivity index (χ4n) is 4.23. The molecule has 1 aromatic heterocycles. The van der Waals surface area contributed by atoms with Gasteiger partial charge in [-0.25, -0.2) is 14.6 Å². The molecule has 0 spiro atoms. The molecule has 0 saturated carbocycles.